The fourth-order valence-corrected chi connectivity index (χ4v) is 16.8. The molecule has 12 unspecified atom stereocenters. The van der Waals surface area contributed by atoms with Crippen molar-refractivity contribution in [2.24, 2.45) is 0 Å². The summed E-state index contributed by atoms with van der Waals surface area (Å²) in [4.78, 5) is 160. The molecule has 0 radical (unpaired) electrons. The van der Waals surface area contributed by atoms with E-state index in [9.17, 15) is 43.2 Å². The Labute approximate surface area is 714 Å². The third-order valence-corrected chi connectivity index (χ3v) is 22.3. The number of anilines is 3. The maximum absolute atomic E-state index is 13.9. The number of likely N-dealkylation sites (tertiary alicyclic amines) is 3. The lowest BCUT2D eigenvalue weighted by molar-refractivity contribution is -0.172. The van der Waals surface area contributed by atoms with Crippen LogP contribution in [0.5, 0.6) is 0 Å². The summed E-state index contributed by atoms with van der Waals surface area (Å²) in [6.45, 7) is 13.8. The van der Waals surface area contributed by atoms with Gasteiger partial charge < -0.3 is 87.5 Å². The van der Waals surface area contributed by atoms with Crippen molar-refractivity contribution in [2.45, 2.75) is 191 Å². The van der Waals surface area contributed by atoms with Gasteiger partial charge in [-0.15, -0.1) is 0 Å². The van der Waals surface area contributed by atoms with Crippen molar-refractivity contribution in [3.8, 4) is 0 Å². The number of nitrogens with zero attached hydrogens (tertiary/aromatic N) is 15. The molecule has 0 aliphatic carbocycles. The van der Waals surface area contributed by atoms with Gasteiger partial charge >= 0.3 is 36.0 Å². The minimum atomic E-state index is -1.06. The van der Waals surface area contributed by atoms with E-state index in [-0.39, 0.29) is 55.0 Å². The number of carbonyl (C=O) groups is 9. The number of carbonyl (C=O) groups excluding carboxylic acids is 9. The Morgan fingerprint density at radius 1 is 0.384 bits per heavy atom. The molecule has 6 N–H and O–H groups in total. The molecule has 15 heterocycles. The number of esters is 3. The van der Waals surface area contributed by atoms with Gasteiger partial charge in [0.15, 0.2) is 107 Å². The number of imidazole rings is 3. The van der Waals surface area contributed by atoms with Gasteiger partial charge in [0.1, 0.15) is 73.7 Å². The smallest absolute Gasteiger partial charge is 0.328 e. The van der Waals surface area contributed by atoms with E-state index in [1.165, 1.54) is 52.7 Å². The summed E-state index contributed by atoms with van der Waals surface area (Å²) in [5, 5.41) is 16.0. The summed E-state index contributed by atoms with van der Waals surface area (Å²) < 4.78 is 77.6. The molecule has 9 aliphatic heterocycles. The highest BCUT2D eigenvalue weighted by atomic mass is 16.8. The molecule has 658 valence electrons. The average molecular weight is 1720 g/mol. The molecular formula is C83H95N21O21. The fraction of sp³-hybridized carbons (Fsp3) is 0.470. The van der Waals surface area contributed by atoms with Crippen LogP contribution in [0.4, 0.5) is 31.8 Å². The Bertz CT molecular complexity index is 5210. The lowest BCUT2D eigenvalue weighted by Crippen LogP contribution is -2.49. The van der Waals surface area contributed by atoms with E-state index in [4.69, 9.17) is 56.8 Å². The van der Waals surface area contributed by atoms with Crippen molar-refractivity contribution in [1.29, 1.82) is 0 Å². The van der Waals surface area contributed by atoms with Gasteiger partial charge in [-0.05, 0) is 91.7 Å². The molecule has 0 spiro atoms. The Kier molecular flexibility index (Phi) is 26.5. The number of ether oxygens (including phenoxy) is 12. The third-order valence-electron chi connectivity index (χ3n) is 22.3. The molecule has 9 aliphatic rings. The summed E-state index contributed by atoms with van der Waals surface area (Å²) in [5.74, 6) is -1.74. The van der Waals surface area contributed by atoms with E-state index in [2.05, 4.69) is 76.8 Å². The van der Waals surface area contributed by atoms with Crippen LogP contribution in [0.1, 0.15) is 128 Å². The van der Waals surface area contributed by atoms with Crippen LogP contribution in [0.3, 0.4) is 0 Å². The molecule has 9 aromatic rings. The highest BCUT2D eigenvalue weighted by Gasteiger charge is 2.62. The van der Waals surface area contributed by atoms with Crippen LogP contribution in [0.15, 0.2) is 135 Å². The first kappa shape index (κ1) is 85.9. The zero-order chi connectivity index (χ0) is 86.9. The van der Waals surface area contributed by atoms with E-state index in [0.717, 1.165) is 16.7 Å². The first-order valence-corrected chi connectivity index (χ1v) is 41.8. The lowest BCUT2D eigenvalue weighted by atomic mass is 10.1. The van der Waals surface area contributed by atoms with Gasteiger partial charge in [0.2, 0.25) is 0 Å². The molecule has 9 amide bonds. The van der Waals surface area contributed by atoms with Crippen molar-refractivity contribution >= 4 is 111 Å². The topological polar surface area (TPSA) is 477 Å². The summed E-state index contributed by atoms with van der Waals surface area (Å²) in [7, 11) is 0. The second-order valence-corrected chi connectivity index (χ2v) is 30.0. The molecule has 9 fully saturated rings. The minimum absolute atomic E-state index is 0.221. The van der Waals surface area contributed by atoms with E-state index in [0.29, 0.717) is 111 Å². The average Bonchev–Trinajstić information content (AvgIpc) is 1.59. The second-order valence-electron chi connectivity index (χ2n) is 30.0. The van der Waals surface area contributed by atoms with E-state index >= 15 is 0 Å². The number of nitrogens with one attached hydrogen (secondary N) is 6. The summed E-state index contributed by atoms with van der Waals surface area (Å²) in [6, 6.07) is 25.2. The van der Waals surface area contributed by atoms with Crippen molar-refractivity contribution in [3.63, 3.8) is 0 Å². The normalized spacial score (nSPS) is 26.9. The van der Waals surface area contributed by atoms with Gasteiger partial charge in [-0.3, -0.25) is 44.0 Å². The predicted molar refractivity (Wildman–Crippen MR) is 437 cm³/mol. The summed E-state index contributed by atoms with van der Waals surface area (Å²) in [6.07, 6.45) is 3.32. The maximum Gasteiger partial charge on any atom is 0.328 e. The zero-order valence-electron chi connectivity index (χ0n) is 69.1. The van der Waals surface area contributed by atoms with Gasteiger partial charge in [-0.1, -0.05) is 97.1 Å². The quantitative estimate of drug-likeness (QED) is 0.0332. The molecular weight excluding hydrogens is 1630 g/mol. The van der Waals surface area contributed by atoms with Crippen molar-refractivity contribution in [3.05, 3.63) is 152 Å². The van der Waals surface area contributed by atoms with Crippen LogP contribution in [-0.4, -0.2) is 265 Å². The predicted octanol–water partition coefficient (Wildman–Crippen LogP) is 6.05. The maximum atomic E-state index is 13.9. The largest absolute Gasteiger partial charge is 0.464 e. The van der Waals surface area contributed by atoms with Crippen molar-refractivity contribution < 1.29 is 100.0 Å². The number of hydrogen-bond acceptors (Lipinski definition) is 30. The number of benzene rings is 3. The zero-order valence-corrected chi connectivity index (χ0v) is 69.1. The van der Waals surface area contributed by atoms with Gasteiger partial charge in [0, 0.05) is 50.4 Å². The first-order chi connectivity index (χ1) is 61.0. The van der Waals surface area contributed by atoms with Gasteiger partial charge in [-0.25, -0.2) is 73.6 Å². The Balaban J connectivity index is 0.000000138. The van der Waals surface area contributed by atoms with Crippen LogP contribution < -0.4 is 31.9 Å². The first-order valence-electron chi connectivity index (χ1n) is 41.8. The van der Waals surface area contributed by atoms with Crippen molar-refractivity contribution in [2.75, 3.05) is 75.0 Å². The SMILES string of the molecule is CCNC(=O)Nc1ncnc2c1ncn2C1OC(C(=O)N2CCC[C@@H]2C(=O)OCC)C2O[C@H](c3ccccc3)OC21.CCNC(=O)Nc1ncnc2c1ncn2C1OC(C(=O)N2CCC[C@H]2C(=O)OCC)C2O[C@H](/C=C/c3ccccc3)OC21.CCNC(=O)Nc1ncnc2c1ncn2C1OC(C(=O)N2CCC[C@H]2C(=O)OCC)C2O[C@H](c3ccccc3)OC21. The Morgan fingerprint density at radius 2 is 0.696 bits per heavy atom. The summed E-state index contributed by atoms with van der Waals surface area (Å²) >= 11 is 0. The fourth-order valence-electron chi connectivity index (χ4n) is 16.8. The van der Waals surface area contributed by atoms with Gasteiger partial charge in [0.25, 0.3) is 17.7 Å². The molecule has 42 nitrogen and oxygen atoms in total. The molecule has 9 saturated heterocycles. The van der Waals surface area contributed by atoms with Crippen LogP contribution in [0.25, 0.3) is 39.6 Å². The molecule has 6 aromatic heterocycles. The third kappa shape index (κ3) is 17.8. The number of urea groups is 3. The standard InChI is InChI=1S/C29H33N7O7.2C27H31N7O7/c1-3-30-29(39)34-24-20-25(32-15-31-24)36(16-33-20)27-23-21(41-19(42-23)13-12-17-9-6-5-7-10-17)22(43-27)26(37)35-14-8-11-18(35)28(38)40-4-2;2*1-3-28-27(37)32-21-17-22(30-13-29-21)34(14-31-17)24-20-18(40-26(41-20)15-9-6-5-7-10-15)19(39-24)23(35)33-12-8-11-16(33)25(36)38-4-2/h5-7,9-10,12-13,15-16,18-19,21-23,27H,3-4,8,11,14H2,1-2H3,(H2,30,31,32,34,39);2*5-7,9-10,13-14,16,18-20,24,26H,3-4,8,11-12H2,1-2H3,(H2,28,29,30,32,37)/b13-12+;;/t18-,19-,21?,22?,23?,27?;16-,18?,19?,20?,24?,26+;16-,18?,19?,20?,24?,26-/m010/s1. The molecule has 18 rings (SSSR count). The van der Waals surface area contributed by atoms with Crippen LogP contribution in [-0.2, 0) is 85.6 Å². The Morgan fingerprint density at radius 3 is 1.03 bits per heavy atom. The number of rotatable bonds is 22. The van der Waals surface area contributed by atoms with Crippen molar-refractivity contribution in [1.82, 2.24) is 89.2 Å². The highest BCUT2D eigenvalue weighted by molar-refractivity contribution is 5.98. The van der Waals surface area contributed by atoms with Gasteiger partial charge in [-0.2, -0.15) is 0 Å². The van der Waals surface area contributed by atoms with E-state index < -0.39 is 147 Å². The van der Waals surface area contributed by atoms with Crippen LogP contribution in [0, 0.1) is 0 Å². The molecule has 3 aromatic carbocycles. The number of aromatic nitrogens is 12. The number of amides is 9. The monoisotopic (exact) mass is 1720 g/mol. The van der Waals surface area contributed by atoms with Gasteiger partial charge in [0.05, 0.1) is 38.8 Å². The van der Waals surface area contributed by atoms with E-state index in [1.54, 1.807) is 61.3 Å². The van der Waals surface area contributed by atoms with E-state index in [1.807, 2.05) is 97.1 Å². The van der Waals surface area contributed by atoms with Crippen LogP contribution >= 0.6 is 0 Å². The molecule has 125 heavy (non-hydrogen) atoms. The summed E-state index contributed by atoms with van der Waals surface area (Å²) in [5.41, 5.74) is 4.70. The lowest BCUT2D eigenvalue weighted by Gasteiger charge is -2.27. The molecule has 0 saturated carbocycles. The Hall–Kier alpha value is -12.7. The van der Waals surface area contributed by atoms with Crippen LogP contribution in [0.2, 0.25) is 0 Å². The highest BCUT2D eigenvalue weighted by Crippen LogP contribution is 2.49. The number of hydrogen-bond donors (Lipinski definition) is 6. The molecule has 0 bridgehead atoms. The molecule has 42 heteroatoms. The minimum Gasteiger partial charge on any atom is -0.464 e. The molecule has 18 atom stereocenters. The second kappa shape index (κ2) is 38.6. The number of fused-ring (bicyclic) bond motifs is 6.